The summed E-state index contributed by atoms with van der Waals surface area (Å²) < 4.78 is 11.7. The Balaban J connectivity index is 2.13. The highest BCUT2D eigenvalue weighted by Gasteiger charge is 2.48. The van der Waals surface area contributed by atoms with E-state index in [1.54, 1.807) is 0 Å². The molecule has 1 N–H and O–H groups in total. The lowest BCUT2D eigenvalue weighted by molar-refractivity contribution is -0.142. The molecule has 0 aromatic heterocycles. The third kappa shape index (κ3) is 4.29. The highest BCUT2D eigenvalue weighted by atomic mass is 16.5. The van der Waals surface area contributed by atoms with Crippen molar-refractivity contribution in [1.29, 1.82) is 0 Å². The van der Waals surface area contributed by atoms with Gasteiger partial charge in [0, 0.05) is 12.3 Å². The van der Waals surface area contributed by atoms with Crippen molar-refractivity contribution in [3.05, 3.63) is 23.3 Å². The average molecular weight is 333 g/mol. The summed E-state index contributed by atoms with van der Waals surface area (Å²) in [5, 5.41) is 3.06. The molecule has 1 aromatic carbocycles. The third-order valence-electron chi connectivity index (χ3n) is 4.58. The van der Waals surface area contributed by atoms with Crippen LogP contribution in [-0.4, -0.2) is 24.7 Å². The first-order chi connectivity index (χ1) is 11.4. The van der Waals surface area contributed by atoms with Gasteiger partial charge in [-0.25, -0.2) is 0 Å². The molecule has 0 spiro atoms. The highest BCUT2D eigenvalue weighted by molar-refractivity contribution is 5.97. The van der Waals surface area contributed by atoms with Crippen LogP contribution in [0, 0.1) is 19.8 Å². The minimum atomic E-state index is -0.727. The van der Waals surface area contributed by atoms with Gasteiger partial charge in [-0.15, -0.1) is 0 Å². The molecule has 24 heavy (non-hydrogen) atoms. The van der Waals surface area contributed by atoms with Gasteiger partial charge in [-0.05, 0) is 75.6 Å². The Bertz CT molecular complexity index is 557. The second-order valence-electron chi connectivity index (χ2n) is 6.97. The summed E-state index contributed by atoms with van der Waals surface area (Å²) in [4.78, 5) is 12.8. The van der Waals surface area contributed by atoms with Crippen molar-refractivity contribution in [2.75, 3.05) is 18.5 Å². The fourth-order valence-electron chi connectivity index (χ4n) is 3.03. The van der Waals surface area contributed by atoms with Crippen LogP contribution in [0.2, 0.25) is 0 Å². The lowest BCUT2D eigenvalue weighted by Gasteiger charge is -2.29. The Morgan fingerprint density at radius 1 is 1.17 bits per heavy atom. The SMILES string of the molecule is CCCOc1c(C)cc(NC(=O)[C@@](C)(OCCC)C2CC2)cc1C. The lowest BCUT2D eigenvalue weighted by Crippen LogP contribution is -2.45. The first kappa shape index (κ1) is 18.8. The van der Waals surface area contributed by atoms with Crippen LogP contribution in [0.4, 0.5) is 5.69 Å². The molecule has 4 heteroatoms. The van der Waals surface area contributed by atoms with Crippen molar-refractivity contribution in [1.82, 2.24) is 0 Å². The molecule has 134 valence electrons. The maximum Gasteiger partial charge on any atom is 0.256 e. The van der Waals surface area contributed by atoms with Crippen LogP contribution in [0.1, 0.15) is 57.6 Å². The molecule has 0 bridgehead atoms. The predicted molar refractivity (Wildman–Crippen MR) is 97.7 cm³/mol. The zero-order valence-electron chi connectivity index (χ0n) is 15.7. The maximum absolute atomic E-state index is 12.8. The van der Waals surface area contributed by atoms with Crippen LogP contribution < -0.4 is 10.1 Å². The molecule has 0 unspecified atom stereocenters. The van der Waals surface area contributed by atoms with E-state index in [1.165, 1.54) is 0 Å². The molecule has 1 saturated carbocycles. The van der Waals surface area contributed by atoms with Gasteiger partial charge in [0.1, 0.15) is 11.4 Å². The number of hydrogen-bond acceptors (Lipinski definition) is 3. The van der Waals surface area contributed by atoms with E-state index in [0.717, 1.165) is 48.2 Å². The molecule has 0 aliphatic heterocycles. The monoisotopic (exact) mass is 333 g/mol. The van der Waals surface area contributed by atoms with Gasteiger partial charge in [0.2, 0.25) is 0 Å². The number of aryl methyl sites for hydroxylation is 2. The predicted octanol–water partition coefficient (Wildman–Crippen LogP) is 4.63. The summed E-state index contributed by atoms with van der Waals surface area (Å²) in [6.45, 7) is 11.4. The van der Waals surface area contributed by atoms with Crippen molar-refractivity contribution in [3.8, 4) is 5.75 Å². The molecule has 2 rings (SSSR count). The lowest BCUT2D eigenvalue weighted by atomic mass is 9.98. The smallest absolute Gasteiger partial charge is 0.256 e. The van der Waals surface area contributed by atoms with Crippen LogP contribution in [-0.2, 0) is 9.53 Å². The molecule has 1 aliphatic carbocycles. The van der Waals surface area contributed by atoms with E-state index in [2.05, 4.69) is 19.2 Å². The van der Waals surface area contributed by atoms with E-state index < -0.39 is 5.60 Å². The molecule has 1 aliphatic rings. The first-order valence-corrected chi connectivity index (χ1v) is 9.11. The molecular weight excluding hydrogens is 302 g/mol. The second kappa shape index (κ2) is 8.02. The summed E-state index contributed by atoms with van der Waals surface area (Å²) >= 11 is 0. The van der Waals surface area contributed by atoms with Crippen LogP contribution in [0.15, 0.2) is 12.1 Å². The van der Waals surface area contributed by atoms with Gasteiger partial charge in [-0.3, -0.25) is 4.79 Å². The first-order valence-electron chi connectivity index (χ1n) is 9.11. The number of benzene rings is 1. The van der Waals surface area contributed by atoms with Crippen LogP contribution >= 0.6 is 0 Å². The quantitative estimate of drug-likeness (QED) is 0.717. The van der Waals surface area contributed by atoms with E-state index in [9.17, 15) is 4.79 Å². The molecular formula is C20H31NO3. The van der Waals surface area contributed by atoms with Gasteiger partial charge in [0.15, 0.2) is 0 Å². The van der Waals surface area contributed by atoms with E-state index in [0.29, 0.717) is 19.1 Å². The zero-order valence-corrected chi connectivity index (χ0v) is 15.7. The van der Waals surface area contributed by atoms with Crippen molar-refractivity contribution in [2.24, 2.45) is 5.92 Å². The fraction of sp³-hybridized carbons (Fsp3) is 0.650. The normalized spacial score (nSPS) is 16.5. The molecule has 0 radical (unpaired) electrons. The Morgan fingerprint density at radius 3 is 2.25 bits per heavy atom. The summed E-state index contributed by atoms with van der Waals surface area (Å²) in [6.07, 6.45) is 4.02. The Labute approximate surface area is 145 Å². The summed E-state index contributed by atoms with van der Waals surface area (Å²) in [6, 6.07) is 3.95. The number of ether oxygens (including phenoxy) is 2. The van der Waals surface area contributed by atoms with Crippen molar-refractivity contribution < 1.29 is 14.3 Å². The number of anilines is 1. The standard InChI is InChI=1S/C20H31NO3/c1-6-10-23-18-14(3)12-17(13-15(18)4)21-19(22)20(5,16-8-9-16)24-11-7-2/h12-13,16H,6-11H2,1-5H3,(H,21,22)/t20-/m0/s1. The van der Waals surface area contributed by atoms with Gasteiger partial charge < -0.3 is 14.8 Å². The number of hydrogen-bond donors (Lipinski definition) is 1. The number of amides is 1. The Hall–Kier alpha value is -1.55. The largest absolute Gasteiger partial charge is 0.493 e. The zero-order chi connectivity index (χ0) is 17.7. The molecule has 1 fully saturated rings. The number of carbonyl (C=O) groups excluding carboxylic acids is 1. The second-order valence-corrected chi connectivity index (χ2v) is 6.97. The number of carbonyl (C=O) groups is 1. The fourth-order valence-corrected chi connectivity index (χ4v) is 3.03. The minimum Gasteiger partial charge on any atom is -0.493 e. The Kier molecular flexibility index (Phi) is 6.27. The van der Waals surface area contributed by atoms with Gasteiger partial charge in [-0.1, -0.05) is 13.8 Å². The van der Waals surface area contributed by atoms with Gasteiger partial charge in [0.25, 0.3) is 5.91 Å². The molecule has 1 aromatic rings. The van der Waals surface area contributed by atoms with E-state index in [4.69, 9.17) is 9.47 Å². The van der Waals surface area contributed by atoms with Crippen molar-refractivity contribution in [2.45, 2.75) is 65.9 Å². The highest BCUT2D eigenvalue weighted by Crippen LogP contribution is 2.42. The van der Waals surface area contributed by atoms with Gasteiger partial charge in [-0.2, -0.15) is 0 Å². The summed E-state index contributed by atoms with van der Waals surface area (Å²) in [5.74, 6) is 1.21. The van der Waals surface area contributed by atoms with Gasteiger partial charge >= 0.3 is 0 Å². The third-order valence-corrected chi connectivity index (χ3v) is 4.58. The van der Waals surface area contributed by atoms with Crippen LogP contribution in [0.5, 0.6) is 5.75 Å². The topological polar surface area (TPSA) is 47.6 Å². The van der Waals surface area contributed by atoms with E-state index >= 15 is 0 Å². The maximum atomic E-state index is 12.8. The summed E-state index contributed by atoms with van der Waals surface area (Å²) in [5.41, 5.74) is 2.17. The minimum absolute atomic E-state index is 0.0422. The molecule has 1 amide bonds. The molecule has 0 heterocycles. The molecule has 1 atom stereocenters. The number of rotatable bonds is 9. The van der Waals surface area contributed by atoms with Crippen LogP contribution in [0.25, 0.3) is 0 Å². The van der Waals surface area contributed by atoms with E-state index in [-0.39, 0.29) is 5.91 Å². The van der Waals surface area contributed by atoms with Crippen molar-refractivity contribution >= 4 is 11.6 Å². The summed E-state index contributed by atoms with van der Waals surface area (Å²) in [7, 11) is 0. The van der Waals surface area contributed by atoms with Crippen LogP contribution in [0.3, 0.4) is 0 Å². The van der Waals surface area contributed by atoms with Gasteiger partial charge in [0.05, 0.1) is 6.61 Å². The number of nitrogens with one attached hydrogen (secondary N) is 1. The van der Waals surface area contributed by atoms with Crippen molar-refractivity contribution in [3.63, 3.8) is 0 Å². The van der Waals surface area contributed by atoms with E-state index in [1.807, 2.05) is 32.9 Å². The Morgan fingerprint density at radius 2 is 1.75 bits per heavy atom. The average Bonchev–Trinajstić information content (AvgIpc) is 3.37. The molecule has 0 saturated heterocycles. The molecule has 4 nitrogen and oxygen atoms in total.